The zero-order valence-corrected chi connectivity index (χ0v) is 14.6. The Morgan fingerprint density at radius 1 is 0.889 bits per heavy atom. The van der Waals surface area contributed by atoms with Gasteiger partial charge in [-0.2, -0.15) is 0 Å². The standard InChI is InChI=1S/C21H17N3O3/c1-26-21-12-7-15(13-20(21)25)19-14-24(23-22-19)16-8-10-18(11-9-16)27-17-5-3-2-4-6-17/h2-14,25H,1H3. The fourth-order valence-corrected chi connectivity index (χ4v) is 2.66. The van der Waals surface area contributed by atoms with E-state index in [2.05, 4.69) is 10.3 Å². The Morgan fingerprint density at radius 3 is 2.33 bits per heavy atom. The lowest BCUT2D eigenvalue weighted by molar-refractivity contribution is 0.373. The number of phenols is 1. The average molecular weight is 359 g/mol. The van der Waals surface area contributed by atoms with Crippen LogP contribution >= 0.6 is 0 Å². The lowest BCUT2D eigenvalue weighted by Gasteiger charge is -2.06. The largest absolute Gasteiger partial charge is 0.504 e. The number of aromatic nitrogens is 3. The van der Waals surface area contributed by atoms with Gasteiger partial charge >= 0.3 is 0 Å². The Bertz CT molecular complexity index is 1040. The van der Waals surface area contributed by atoms with Gasteiger partial charge in [-0.25, -0.2) is 4.68 Å². The minimum absolute atomic E-state index is 0.0620. The summed E-state index contributed by atoms with van der Waals surface area (Å²) in [6.07, 6.45) is 1.80. The summed E-state index contributed by atoms with van der Waals surface area (Å²) in [5, 5.41) is 18.3. The van der Waals surface area contributed by atoms with Crippen LogP contribution in [0.25, 0.3) is 16.9 Å². The van der Waals surface area contributed by atoms with Crippen molar-refractivity contribution in [2.75, 3.05) is 7.11 Å². The number of rotatable bonds is 5. The van der Waals surface area contributed by atoms with E-state index in [1.165, 1.54) is 7.11 Å². The summed E-state index contributed by atoms with van der Waals surface area (Å²) in [7, 11) is 1.51. The Balaban J connectivity index is 1.54. The van der Waals surface area contributed by atoms with Crippen LogP contribution in [-0.4, -0.2) is 27.2 Å². The maximum atomic E-state index is 9.93. The van der Waals surface area contributed by atoms with Crippen molar-refractivity contribution >= 4 is 0 Å². The fraction of sp³-hybridized carbons (Fsp3) is 0.0476. The molecule has 0 aliphatic rings. The molecule has 0 aliphatic carbocycles. The first-order chi connectivity index (χ1) is 13.2. The van der Waals surface area contributed by atoms with Gasteiger partial charge in [-0.1, -0.05) is 23.4 Å². The normalized spacial score (nSPS) is 10.6. The van der Waals surface area contributed by atoms with Gasteiger partial charge in [0.05, 0.1) is 19.0 Å². The predicted octanol–water partition coefficient (Wildman–Crippen LogP) is 4.44. The molecule has 4 rings (SSSR count). The van der Waals surface area contributed by atoms with Gasteiger partial charge in [0.1, 0.15) is 17.2 Å². The minimum Gasteiger partial charge on any atom is -0.504 e. The molecule has 0 unspecified atom stereocenters. The average Bonchev–Trinajstić information content (AvgIpc) is 3.19. The van der Waals surface area contributed by atoms with E-state index in [9.17, 15) is 5.11 Å². The molecule has 6 nitrogen and oxygen atoms in total. The molecule has 0 spiro atoms. The van der Waals surface area contributed by atoms with Crippen LogP contribution in [0, 0.1) is 0 Å². The van der Waals surface area contributed by atoms with Crippen LogP contribution < -0.4 is 9.47 Å². The quantitative estimate of drug-likeness (QED) is 0.570. The van der Waals surface area contributed by atoms with E-state index in [-0.39, 0.29) is 5.75 Å². The highest BCUT2D eigenvalue weighted by Crippen LogP contribution is 2.30. The minimum atomic E-state index is 0.0620. The van der Waals surface area contributed by atoms with Gasteiger partial charge in [-0.15, -0.1) is 5.10 Å². The molecule has 27 heavy (non-hydrogen) atoms. The van der Waals surface area contributed by atoms with Crippen molar-refractivity contribution < 1.29 is 14.6 Å². The van der Waals surface area contributed by atoms with E-state index in [0.717, 1.165) is 22.7 Å². The number of benzene rings is 3. The Kier molecular flexibility index (Phi) is 4.45. The topological polar surface area (TPSA) is 69.4 Å². The first-order valence-electron chi connectivity index (χ1n) is 8.36. The van der Waals surface area contributed by atoms with E-state index >= 15 is 0 Å². The first kappa shape index (κ1) is 16.7. The summed E-state index contributed by atoms with van der Waals surface area (Å²) >= 11 is 0. The highest BCUT2D eigenvalue weighted by Gasteiger charge is 2.09. The van der Waals surface area contributed by atoms with Crippen LogP contribution in [0.5, 0.6) is 23.0 Å². The van der Waals surface area contributed by atoms with Crippen LogP contribution in [0.4, 0.5) is 0 Å². The van der Waals surface area contributed by atoms with Crippen LogP contribution in [0.3, 0.4) is 0 Å². The van der Waals surface area contributed by atoms with Crippen molar-refractivity contribution in [1.82, 2.24) is 15.0 Å². The van der Waals surface area contributed by atoms with Crippen molar-refractivity contribution in [3.8, 4) is 39.9 Å². The van der Waals surface area contributed by atoms with Crippen molar-refractivity contribution in [1.29, 1.82) is 0 Å². The highest BCUT2D eigenvalue weighted by molar-refractivity contribution is 5.63. The van der Waals surface area contributed by atoms with Gasteiger partial charge in [-0.05, 0) is 54.6 Å². The molecule has 0 saturated heterocycles. The molecule has 1 aromatic heterocycles. The monoisotopic (exact) mass is 359 g/mol. The van der Waals surface area contributed by atoms with Crippen molar-refractivity contribution in [3.63, 3.8) is 0 Å². The number of nitrogens with zero attached hydrogens (tertiary/aromatic N) is 3. The fourth-order valence-electron chi connectivity index (χ4n) is 2.66. The van der Waals surface area contributed by atoms with E-state index in [0.29, 0.717) is 11.4 Å². The van der Waals surface area contributed by atoms with E-state index in [1.807, 2.05) is 60.7 Å². The molecule has 0 saturated carbocycles. The number of ether oxygens (including phenoxy) is 2. The second kappa shape index (κ2) is 7.21. The molecule has 0 aliphatic heterocycles. The molecular weight excluding hydrogens is 342 g/mol. The SMILES string of the molecule is COc1ccc(-c2cn(-c3ccc(Oc4ccccc4)cc3)nn2)cc1O. The van der Waals surface area contributed by atoms with Gasteiger partial charge in [0.15, 0.2) is 11.5 Å². The summed E-state index contributed by atoms with van der Waals surface area (Å²) in [6, 6.07) is 22.3. The van der Waals surface area contributed by atoms with Crippen molar-refractivity contribution in [2.24, 2.45) is 0 Å². The molecule has 3 aromatic carbocycles. The third-order valence-electron chi connectivity index (χ3n) is 4.05. The maximum Gasteiger partial charge on any atom is 0.160 e. The molecule has 0 amide bonds. The number of hydrogen-bond acceptors (Lipinski definition) is 5. The van der Waals surface area contributed by atoms with Crippen LogP contribution in [0.1, 0.15) is 0 Å². The lowest BCUT2D eigenvalue weighted by Crippen LogP contribution is -1.94. The smallest absolute Gasteiger partial charge is 0.160 e. The summed E-state index contributed by atoms with van der Waals surface area (Å²) in [5.74, 6) is 2.00. The lowest BCUT2D eigenvalue weighted by atomic mass is 10.1. The molecule has 1 heterocycles. The Hall–Kier alpha value is -3.80. The summed E-state index contributed by atoms with van der Waals surface area (Å²) in [4.78, 5) is 0. The Labute approximate surface area is 156 Å². The number of phenolic OH excluding ortho intramolecular Hbond substituents is 1. The van der Waals surface area contributed by atoms with Crippen molar-refractivity contribution in [2.45, 2.75) is 0 Å². The second-order valence-electron chi connectivity index (χ2n) is 5.84. The summed E-state index contributed by atoms with van der Waals surface area (Å²) < 4.78 is 12.5. The van der Waals surface area contributed by atoms with Gasteiger partial charge < -0.3 is 14.6 Å². The molecular formula is C21H17N3O3. The molecule has 134 valence electrons. The van der Waals surface area contributed by atoms with Gasteiger partial charge in [-0.3, -0.25) is 0 Å². The summed E-state index contributed by atoms with van der Waals surface area (Å²) in [5.41, 5.74) is 2.26. The number of methoxy groups -OCH3 is 1. The molecule has 0 radical (unpaired) electrons. The first-order valence-corrected chi connectivity index (χ1v) is 8.36. The number of aromatic hydroxyl groups is 1. The van der Waals surface area contributed by atoms with E-state index in [4.69, 9.17) is 9.47 Å². The molecule has 6 heteroatoms. The van der Waals surface area contributed by atoms with Gasteiger partial charge in [0, 0.05) is 5.56 Å². The maximum absolute atomic E-state index is 9.93. The Morgan fingerprint density at radius 2 is 1.63 bits per heavy atom. The van der Waals surface area contributed by atoms with Gasteiger partial charge in [0.25, 0.3) is 0 Å². The second-order valence-corrected chi connectivity index (χ2v) is 5.84. The van der Waals surface area contributed by atoms with E-state index < -0.39 is 0 Å². The number of para-hydroxylation sites is 1. The third kappa shape index (κ3) is 3.59. The van der Waals surface area contributed by atoms with Crippen LogP contribution in [0.2, 0.25) is 0 Å². The van der Waals surface area contributed by atoms with Crippen LogP contribution in [0.15, 0.2) is 79.0 Å². The van der Waals surface area contributed by atoms with Crippen molar-refractivity contribution in [3.05, 3.63) is 79.0 Å². The third-order valence-corrected chi connectivity index (χ3v) is 4.05. The highest BCUT2D eigenvalue weighted by atomic mass is 16.5. The van der Waals surface area contributed by atoms with Gasteiger partial charge in [0.2, 0.25) is 0 Å². The zero-order valence-electron chi connectivity index (χ0n) is 14.6. The molecule has 0 fully saturated rings. The van der Waals surface area contributed by atoms with Crippen LogP contribution in [-0.2, 0) is 0 Å². The molecule has 1 N–H and O–H groups in total. The predicted molar refractivity (Wildman–Crippen MR) is 102 cm³/mol. The molecule has 0 bridgehead atoms. The summed E-state index contributed by atoms with van der Waals surface area (Å²) in [6.45, 7) is 0. The molecule has 4 aromatic rings. The molecule has 0 atom stereocenters. The number of hydrogen-bond donors (Lipinski definition) is 1. The van der Waals surface area contributed by atoms with E-state index in [1.54, 1.807) is 23.0 Å². The zero-order chi connectivity index (χ0) is 18.6.